The van der Waals surface area contributed by atoms with Gasteiger partial charge in [-0.1, -0.05) is 72.3 Å². The van der Waals surface area contributed by atoms with Crippen molar-refractivity contribution in [2.24, 2.45) is 0 Å². The summed E-state index contributed by atoms with van der Waals surface area (Å²) in [5, 5.41) is 7.39. The molecule has 138 valence electrons. The van der Waals surface area contributed by atoms with Gasteiger partial charge in [0.1, 0.15) is 0 Å². The highest BCUT2D eigenvalue weighted by molar-refractivity contribution is 5.91. The molecule has 5 heteroatoms. The van der Waals surface area contributed by atoms with Gasteiger partial charge in [0, 0.05) is 12.1 Å². The van der Waals surface area contributed by atoms with E-state index in [1.165, 1.54) is 0 Å². The van der Waals surface area contributed by atoms with E-state index in [0.717, 1.165) is 22.4 Å². The summed E-state index contributed by atoms with van der Waals surface area (Å²) in [6, 6.07) is 27.5. The summed E-state index contributed by atoms with van der Waals surface area (Å²) >= 11 is 0. The largest absolute Gasteiger partial charge is 0.345 e. The molecule has 0 saturated carbocycles. The molecule has 3 aromatic carbocycles. The van der Waals surface area contributed by atoms with Crippen LogP contribution < -0.4 is 5.32 Å². The van der Waals surface area contributed by atoms with E-state index in [4.69, 9.17) is 0 Å². The molecule has 1 aromatic heterocycles. The second-order valence-electron chi connectivity index (χ2n) is 6.54. The van der Waals surface area contributed by atoms with Gasteiger partial charge in [-0.2, -0.15) is 0 Å². The fraction of sp³-hybridized carbons (Fsp3) is 0.0870. The first kappa shape index (κ1) is 17.7. The van der Waals surface area contributed by atoms with Gasteiger partial charge in [0.05, 0.1) is 5.69 Å². The molecule has 0 aliphatic rings. The van der Waals surface area contributed by atoms with Crippen LogP contribution in [0.2, 0.25) is 0 Å². The highest BCUT2D eigenvalue weighted by atomic mass is 16.2. The summed E-state index contributed by atoms with van der Waals surface area (Å²) in [6.07, 6.45) is 0. The molecule has 0 bridgehead atoms. The number of nitrogens with one attached hydrogen (secondary N) is 1. The second-order valence-corrected chi connectivity index (χ2v) is 6.54. The fourth-order valence-electron chi connectivity index (χ4n) is 2.99. The smallest absolute Gasteiger partial charge is 0.291 e. The van der Waals surface area contributed by atoms with Crippen LogP contribution in [0.15, 0.2) is 84.9 Å². The Bertz CT molecular complexity index is 1090. The van der Waals surface area contributed by atoms with Crippen LogP contribution in [0.4, 0.5) is 0 Å². The predicted molar refractivity (Wildman–Crippen MR) is 109 cm³/mol. The van der Waals surface area contributed by atoms with Gasteiger partial charge in [-0.25, -0.2) is 9.67 Å². The molecule has 4 rings (SSSR count). The second kappa shape index (κ2) is 7.88. The van der Waals surface area contributed by atoms with Gasteiger partial charge in [0.2, 0.25) is 5.82 Å². The molecule has 28 heavy (non-hydrogen) atoms. The zero-order valence-electron chi connectivity index (χ0n) is 15.5. The Kier molecular flexibility index (Phi) is 4.97. The summed E-state index contributed by atoms with van der Waals surface area (Å²) in [6.45, 7) is 2.46. The van der Waals surface area contributed by atoms with Crippen LogP contribution >= 0.6 is 0 Å². The zero-order chi connectivity index (χ0) is 19.3. The van der Waals surface area contributed by atoms with Crippen molar-refractivity contribution in [3.63, 3.8) is 0 Å². The van der Waals surface area contributed by atoms with Gasteiger partial charge in [-0.05, 0) is 30.7 Å². The lowest BCUT2D eigenvalue weighted by atomic mass is 10.1. The van der Waals surface area contributed by atoms with Crippen molar-refractivity contribution < 1.29 is 4.79 Å². The molecule has 0 unspecified atom stereocenters. The monoisotopic (exact) mass is 368 g/mol. The molecule has 1 N–H and O–H groups in total. The molecule has 0 saturated heterocycles. The quantitative estimate of drug-likeness (QED) is 0.575. The Morgan fingerprint density at radius 2 is 1.64 bits per heavy atom. The molecule has 0 aliphatic heterocycles. The van der Waals surface area contributed by atoms with Gasteiger partial charge in [-0.3, -0.25) is 4.79 Å². The first-order chi connectivity index (χ1) is 13.7. The number of hydrogen-bond acceptors (Lipinski definition) is 3. The highest BCUT2D eigenvalue weighted by Gasteiger charge is 2.18. The minimum Gasteiger partial charge on any atom is -0.345 e. The first-order valence-electron chi connectivity index (χ1n) is 9.12. The van der Waals surface area contributed by atoms with E-state index >= 15 is 0 Å². The topological polar surface area (TPSA) is 59.8 Å². The summed E-state index contributed by atoms with van der Waals surface area (Å²) in [4.78, 5) is 17.2. The summed E-state index contributed by atoms with van der Waals surface area (Å²) in [5.74, 6) is 0.489. The average Bonchev–Trinajstić information content (AvgIpc) is 3.19. The van der Waals surface area contributed by atoms with Gasteiger partial charge < -0.3 is 5.32 Å². The maximum absolute atomic E-state index is 12.7. The van der Waals surface area contributed by atoms with Crippen molar-refractivity contribution in [3.8, 4) is 17.1 Å². The van der Waals surface area contributed by atoms with Crippen molar-refractivity contribution in [3.05, 3.63) is 102 Å². The van der Waals surface area contributed by atoms with Crippen LogP contribution in [-0.4, -0.2) is 20.7 Å². The molecular formula is C23H20N4O. The SMILES string of the molecule is Cc1cccc(-c2nc(C(=O)NCc3ccccc3)nn2-c2ccccc2)c1. The van der Waals surface area contributed by atoms with Crippen LogP contribution in [0, 0.1) is 6.92 Å². The number of rotatable bonds is 5. The maximum atomic E-state index is 12.7. The standard InChI is InChI=1S/C23H20N4O/c1-17-9-8-12-19(15-17)22-25-21(26-27(22)20-13-6-3-7-14-20)23(28)24-16-18-10-4-2-5-11-18/h2-15H,16H2,1H3,(H,24,28). The van der Waals surface area contributed by atoms with E-state index in [-0.39, 0.29) is 11.7 Å². The number of carbonyl (C=O) groups excluding carboxylic acids is 1. The van der Waals surface area contributed by atoms with E-state index in [2.05, 4.69) is 15.4 Å². The van der Waals surface area contributed by atoms with Crippen LogP contribution in [0.1, 0.15) is 21.7 Å². The van der Waals surface area contributed by atoms with Crippen LogP contribution in [0.3, 0.4) is 0 Å². The number of amides is 1. The number of aryl methyl sites for hydroxylation is 1. The lowest BCUT2D eigenvalue weighted by Crippen LogP contribution is -2.24. The molecule has 0 fully saturated rings. The molecule has 0 spiro atoms. The van der Waals surface area contributed by atoms with Gasteiger partial charge in [-0.15, -0.1) is 5.10 Å². The van der Waals surface area contributed by atoms with Crippen LogP contribution in [-0.2, 0) is 6.54 Å². The highest BCUT2D eigenvalue weighted by Crippen LogP contribution is 2.22. The average molecular weight is 368 g/mol. The molecular weight excluding hydrogens is 348 g/mol. The summed E-state index contributed by atoms with van der Waals surface area (Å²) in [7, 11) is 0. The lowest BCUT2D eigenvalue weighted by molar-refractivity contribution is 0.0940. The van der Waals surface area contributed by atoms with Crippen molar-refractivity contribution in [1.29, 1.82) is 0 Å². The number of carbonyl (C=O) groups is 1. The number of para-hydroxylation sites is 1. The van der Waals surface area contributed by atoms with Gasteiger partial charge in [0.15, 0.2) is 5.82 Å². The number of hydrogen-bond donors (Lipinski definition) is 1. The van der Waals surface area contributed by atoms with E-state index < -0.39 is 0 Å². The van der Waals surface area contributed by atoms with Crippen molar-refractivity contribution in [2.75, 3.05) is 0 Å². The van der Waals surface area contributed by atoms with E-state index in [1.807, 2.05) is 91.9 Å². The molecule has 0 radical (unpaired) electrons. The third-order valence-electron chi connectivity index (χ3n) is 4.38. The van der Waals surface area contributed by atoms with E-state index in [0.29, 0.717) is 12.4 Å². The molecule has 0 atom stereocenters. The minimum atomic E-state index is -0.299. The molecule has 1 amide bonds. The third kappa shape index (κ3) is 3.83. The summed E-state index contributed by atoms with van der Waals surface area (Å²) in [5.41, 5.74) is 3.92. The van der Waals surface area contributed by atoms with Gasteiger partial charge >= 0.3 is 0 Å². The van der Waals surface area contributed by atoms with E-state index in [1.54, 1.807) is 4.68 Å². The van der Waals surface area contributed by atoms with Crippen molar-refractivity contribution in [1.82, 2.24) is 20.1 Å². The van der Waals surface area contributed by atoms with Crippen LogP contribution in [0.5, 0.6) is 0 Å². The Balaban J connectivity index is 1.68. The number of benzene rings is 3. The molecule has 5 nitrogen and oxygen atoms in total. The minimum absolute atomic E-state index is 0.149. The van der Waals surface area contributed by atoms with Crippen molar-refractivity contribution >= 4 is 5.91 Å². The normalized spacial score (nSPS) is 10.6. The summed E-state index contributed by atoms with van der Waals surface area (Å²) < 4.78 is 1.71. The lowest BCUT2D eigenvalue weighted by Gasteiger charge is -2.06. The molecule has 0 aliphatic carbocycles. The Hall–Kier alpha value is -3.73. The van der Waals surface area contributed by atoms with Gasteiger partial charge in [0.25, 0.3) is 5.91 Å². The van der Waals surface area contributed by atoms with E-state index in [9.17, 15) is 4.79 Å². The number of nitrogens with zero attached hydrogens (tertiary/aromatic N) is 3. The first-order valence-corrected chi connectivity index (χ1v) is 9.12. The van der Waals surface area contributed by atoms with Crippen molar-refractivity contribution in [2.45, 2.75) is 13.5 Å². The number of aromatic nitrogens is 3. The Morgan fingerprint density at radius 1 is 0.929 bits per heavy atom. The predicted octanol–water partition coefficient (Wildman–Crippen LogP) is 4.17. The Labute approximate surface area is 163 Å². The third-order valence-corrected chi connectivity index (χ3v) is 4.38. The zero-order valence-corrected chi connectivity index (χ0v) is 15.5. The molecule has 4 aromatic rings. The maximum Gasteiger partial charge on any atom is 0.291 e. The van der Waals surface area contributed by atoms with Crippen LogP contribution in [0.25, 0.3) is 17.1 Å². The molecule has 1 heterocycles. The fourth-order valence-corrected chi connectivity index (χ4v) is 2.99. The Morgan fingerprint density at radius 3 is 2.36 bits per heavy atom.